The Morgan fingerprint density at radius 2 is 2.17 bits per heavy atom. The summed E-state index contributed by atoms with van der Waals surface area (Å²) >= 11 is 0. The standard InChI is InChI=1S/C11H17N3O3S/c1-3-6-13-8-9(18(2,16)17)10-12-5-4-7-14(10)11(13)15/h8H,3-7H2,1-2H3. The van der Waals surface area contributed by atoms with Crippen molar-refractivity contribution < 1.29 is 13.2 Å². The summed E-state index contributed by atoms with van der Waals surface area (Å²) in [5.74, 6) is 0.307. The number of aliphatic imine (C=N–C) groups is 1. The van der Waals surface area contributed by atoms with Crippen LogP contribution >= 0.6 is 0 Å². The fraction of sp³-hybridized carbons (Fsp3) is 0.636. The lowest BCUT2D eigenvalue weighted by Crippen LogP contribution is -2.52. The molecule has 0 aromatic heterocycles. The topological polar surface area (TPSA) is 70.1 Å². The van der Waals surface area contributed by atoms with Crippen molar-refractivity contribution in [1.29, 1.82) is 0 Å². The maximum atomic E-state index is 12.2. The van der Waals surface area contributed by atoms with E-state index < -0.39 is 9.84 Å². The first-order chi connectivity index (χ1) is 8.45. The van der Waals surface area contributed by atoms with Crippen LogP contribution in [-0.2, 0) is 9.84 Å². The largest absolute Gasteiger partial charge is 0.329 e. The minimum Gasteiger partial charge on any atom is -0.299 e. The molecule has 0 atom stereocenters. The molecule has 2 aliphatic rings. The quantitative estimate of drug-likeness (QED) is 0.763. The molecule has 2 amide bonds. The highest BCUT2D eigenvalue weighted by molar-refractivity contribution is 7.95. The van der Waals surface area contributed by atoms with Gasteiger partial charge in [-0.25, -0.2) is 13.2 Å². The summed E-state index contributed by atoms with van der Waals surface area (Å²) in [5, 5.41) is 0. The molecule has 6 nitrogen and oxygen atoms in total. The van der Waals surface area contributed by atoms with Crippen LogP contribution in [-0.4, -0.2) is 56.0 Å². The summed E-state index contributed by atoms with van der Waals surface area (Å²) in [7, 11) is -3.38. The van der Waals surface area contributed by atoms with Crippen LogP contribution in [0.2, 0.25) is 0 Å². The van der Waals surface area contributed by atoms with Gasteiger partial charge in [0.2, 0.25) is 0 Å². The summed E-state index contributed by atoms with van der Waals surface area (Å²) < 4.78 is 23.6. The highest BCUT2D eigenvalue weighted by Gasteiger charge is 2.36. The Hall–Kier alpha value is -1.37. The Labute approximate surface area is 107 Å². The van der Waals surface area contributed by atoms with E-state index in [-0.39, 0.29) is 10.9 Å². The maximum Gasteiger partial charge on any atom is 0.329 e. The van der Waals surface area contributed by atoms with E-state index in [0.29, 0.717) is 25.5 Å². The van der Waals surface area contributed by atoms with Gasteiger partial charge in [0.25, 0.3) is 0 Å². The second kappa shape index (κ2) is 4.72. The van der Waals surface area contributed by atoms with Crippen LogP contribution in [0.5, 0.6) is 0 Å². The fourth-order valence-electron chi connectivity index (χ4n) is 2.07. The van der Waals surface area contributed by atoms with Gasteiger partial charge in [-0.3, -0.25) is 14.8 Å². The van der Waals surface area contributed by atoms with E-state index in [4.69, 9.17) is 0 Å². The van der Waals surface area contributed by atoms with Crippen molar-refractivity contribution in [2.75, 3.05) is 25.9 Å². The number of fused-ring (bicyclic) bond motifs is 1. The molecule has 0 N–H and O–H groups in total. The molecule has 0 saturated carbocycles. The first-order valence-corrected chi connectivity index (χ1v) is 7.89. The SMILES string of the molecule is CCCN1C=C(S(C)(=O)=O)C2=NCCCN2C1=O. The molecule has 0 aromatic rings. The third-order valence-corrected chi connectivity index (χ3v) is 3.98. The van der Waals surface area contributed by atoms with Crippen molar-refractivity contribution in [1.82, 2.24) is 9.80 Å². The van der Waals surface area contributed by atoms with Gasteiger partial charge in [0, 0.05) is 32.1 Å². The van der Waals surface area contributed by atoms with Gasteiger partial charge in [-0.1, -0.05) is 6.92 Å². The zero-order chi connectivity index (χ0) is 13.3. The molecule has 0 radical (unpaired) electrons. The van der Waals surface area contributed by atoms with Crippen LogP contribution in [0.1, 0.15) is 19.8 Å². The van der Waals surface area contributed by atoms with E-state index in [2.05, 4.69) is 4.99 Å². The van der Waals surface area contributed by atoms with Gasteiger partial charge in [0.05, 0.1) is 0 Å². The maximum absolute atomic E-state index is 12.2. The molecular formula is C11H17N3O3S. The van der Waals surface area contributed by atoms with Crippen LogP contribution in [0.3, 0.4) is 0 Å². The van der Waals surface area contributed by atoms with Crippen molar-refractivity contribution in [2.45, 2.75) is 19.8 Å². The van der Waals surface area contributed by atoms with Crippen LogP contribution in [0.15, 0.2) is 16.1 Å². The molecule has 2 aliphatic heterocycles. The van der Waals surface area contributed by atoms with Gasteiger partial charge < -0.3 is 0 Å². The van der Waals surface area contributed by atoms with E-state index in [0.717, 1.165) is 19.1 Å². The van der Waals surface area contributed by atoms with E-state index in [1.807, 2.05) is 6.92 Å². The Bertz CT molecular complexity index is 522. The third kappa shape index (κ3) is 2.27. The first-order valence-electron chi connectivity index (χ1n) is 6.00. The second-order valence-corrected chi connectivity index (χ2v) is 6.44. The zero-order valence-corrected chi connectivity index (χ0v) is 11.4. The number of nitrogens with zero attached hydrogens (tertiary/aromatic N) is 3. The Morgan fingerprint density at radius 1 is 1.44 bits per heavy atom. The first kappa shape index (κ1) is 13.1. The lowest BCUT2D eigenvalue weighted by Gasteiger charge is -2.36. The predicted molar refractivity (Wildman–Crippen MR) is 68.9 cm³/mol. The monoisotopic (exact) mass is 271 g/mol. The van der Waals surface area contributed by atoms with Crippen LogP contribution in [0, 0.1) is 0 Å². The Morgan fingerprint density at radius 3 is 2.78 bits per heavy atom. The number of urea groups is 1. The average Bonchev–Trinajstić information content (AvgIpc) is 2.31. The van der Waals surface area contributed by atoms with Gasteiger partial charge >= 0.3 is 6.03 Å². The summed E-state index contributed by atoms with van der Waals surface area (Å²) in [4.78, 5) is 19.4. The molecule has 2 heterocycles. The van der Waals surface area contributed by atoms with Crippen LogP contribution in [0.25, 0.3) is 0 Å². The number of amides is 2. The minimum atomic E-state index is -3.38. The van der Waals surface area contributed by atoms with E-state index >= 15 is 0 Å². The van der Waals surface area contributed by atoms with E-state index in [1.54, 1.807) is 0 Å². The lowest BCUT2D eigenvalue weighted by atomic mass is 10.2. The van der Waals surface area contributed by atoms with Crippen molar-refractivity contribution >= 4 is 21.7 Å². The molecule has 2 rings (SSSR count). The van der Waals surface area contributed by atoms with Gasteiger partial charge in [0.15, 0.2) is 15.7 Å². The molecule has 0 aliphatic carbocycles. The van der Waals surface area contributed by atoms with Gasteiger partial charge in [0.1, 0.15) is 4.91 Å². The minimum absolute atomic E-state index is 0.148. The van der Waals surface area contributed by atoms with E-state index in [1.165, 1.54) is 16.0 Å². The van der Waals surface area contributed by atoms with E-state index in [9.17, 15) is 13.2 Å². The summed E-state index contributed by atoms with van der Waals surface area (Å²) in [6.45, 7) is 3.56. The zero-order valence-electron chi connectivity index (χ0n) is 10.6. The third-order valence-electron chi connectivity index (χ3n) is 2.89. The van der Waals surface area contributed by atoms with Crippen molar-refractivity contribution in [3.05, 3.63) is 11.1 Å². The molecule has 0 unspecified atom stereocenters. The number of sulfone groups is 1. The van der Waals surface area contributed by atoms with Crippen molar-refractivity contribution in [2.24, 2.45) is 4.99 Å². The number of carbonyl (C=O) groups is 1. The lowest BCUT2D eigenvalue weighted by molar-refractivity contribution is 0.188. The highest BCUT2D eigenvalue weighted by Crippen LogP contribution is 2.22. The van der Waals surface area contributed by atoms with Gasteiger partial charge in [-0.2, -0.15) is 0 Å². The molecule has 100 valence electrons. The Balaban J connectivity index is 2.50. The fourth-order valence-corrected chi connectivity index (χ4v) is 2.90. The molecule has 0 bridgehead atoms. The number of hydrogen-bond acceptors (Lipinski definition) is 4. The van der Waals surface area contributed by atoms with Crippen LogP contribution in [0.4, 0.5) is 4.79 Å². The summed E-state index contributed by atoms with van der Waals surface area (Å²) in [6.07, 6.45) is 4.11. The molecule has 0 aromatic carbocycles. The molecule has 7 heteroatoms. The number of hydrogen-bond donors (Lipinski definition) is 0. The molecule has 0 fully saturated rings. The second-order valence-electron chi connectivity index (χ2n) is 4.45. The normalized spacial score (nSPS) is 20.4. The highest BCUT2D eigenvalue weighted by atomic mass is 32.2. The smallest absolute Gasteiger partial charge is 0.299 e. The van der Waals surface area contributed by atoms with Gasteiger partial charge in [-0.15, -0.1) is 0 Å². The number of carbonyl (C=O) groups excluding carboxylic acids is 1. The molecule has 0 spiro atoms. The summed E-state index contributed by atoms with van der Waals surface area (Å²) in [5.41, 5.74) is 0. The average molecular weight is 271 g/mol. The van der Waals surface area contributed by atoms with Crippen molar-refractivity contribution in [3.63, 3.8) is 0 Å². The summed E-state index contributed by atoms with van der Waals surface area (Å²) in [6, 6.07) is -0.178. The molecular weight excluding hydrogens is 254 g/mol. The van der Waals surface area contributed by atoms with Crippen LogP contribution < -0.4 is 0 Å². The molecule has 18 heavy (non-hydrogen) atoms. The number of rotatable bonds is 3. The predicted octanol–water partition coefficient (Wildman–Crippen LogP) is 0.822. The molecule has 0 saturated heterocycles. The Kier molecular flexibility index (Phi) is 3.43. The number of amidine groups is 1. The van der Waals surface area contributed by atoms with Crippen molar-refractivity contribution in [3.8, 4) is 0 Å². The van der Waals surface area contributed by atoms with Gasteiger partial charge in [-0.05, 0) is 12.8 Å².